The third-order valence-electron chi connectivity index (χ3n) is 4.33. The van der Waals surface area contributed by atoms with Crippen molar-refractivity contribution in [2.24, 2.45) is 5.92 Å². The number of rotatable bonds is 10. The number of halogens is 3. The minimum absolute atomic E-state index is 0.00413. The van der Waals surface area contributed by atoms with Crippen LogP contribution in [0.3, 0.4) is 0 Å². The summed E-state index contributed by atoms with van der Waals surface area (Å²) in [7, 11) is -3.96. The molecule has 0 saturated heterocycles. The molecule has 0 aliphatic carbocycles. The Hall–Kier alpha value is -2.66. The second-order valence-electron chi connectivity index (χ2n) is 7.71. The van der Waals surface area contributed by atoms with E-state index in [0.717, 1.165) is 5.56 Å². The van der Waals surface area contributed by atoms with Crippen molar-refractivity contribution in [2.45, 2.75) is 50.9 Å². The van der Waals surface area contributed by atoms with Gasteiger partial charge in [-0.05, 0) is 37.5 Å². The monoisotopic (exact) mass is 473 g/mol. The van der Waals surface area contributed by atoms with Gasteiger partial charge in [-0.25, -0.2) is 13.4 Å². The number of nitrogens with one attached hydrogen (secondary N) is 2. The Bertz CT molecular complexity index is 1010. The molecule has 1 aromatic heterocycles. The second-order valence-corrected chi connectivity index (χ2v) is 9.42. The van der Waals surface area contributed by atoms with Crippen LogP contribution < -0.4 is 14.8 Å². The lowest BCUT2D eigenvalue weighted by atomic mass is 10.0. The largest absolute Gasteiger partial charge is 0.468 e. The fourth-order valence-electron chi connectivity index (χ4n) is 2.80. The minimum atomic E-state index is -4.53. The van der Waals surface area contributed by atoms with Crippen LogP contribution in [-0.4, -0.2) is 38.1 Å². The molecule has 0 aliphatic rings. The number of carbonyl (C=O) groups excluding carboxylic acids is 1. The molecule has 1 heterocycles. The topological polar surface area (TPSA) is 97.4 Å². The molecule has 1 atom stereocenters. The summed E-state index contributed by atoms with van der Waals surface area (Å²) in [6, 6.07) is 8.08. The summed E-state index contributed by atoms with van der Waals surface area (Å²) in [5.41, 5.74) is 1.12. The van der Waals surface area contributed by atoms with Crippen molar-refractivity contribution in [3.05, 3.63) is 53.7 Å². The number of carbonyl (C=O) groups is 1. The predicted molar refractivity (Wildman–Crippen MR) is 112 cm³/mol. The molecule has 2 rings (SSSR count). The van der Waals surface area contributed by atoms with Crippen molar-refractivity contribution in [1.82, 2.24) is 15.0 Å². The molecule has 2 aromatic rings. The summed E-state index contributed by atoms with van der Waals surface area (Å²) in [6.07, 6.45) is -3.04. The number of aryl methyl sites for hydroxylation is 1. The molecule has 7 nitrogen and oxygen atoms in total. The summed E-state index contributed by atoms with van der Waals surface area (Å²) >= 11 is 0. The van der Waals surface area contributed by atoms with Gasteiger partial charge in [0.25, 0.3) is 0 Å². The van der Waals surface area contributed by atoms with Crippen LogP contribution in [0.1, 0.15) is 31.4 Å². The van der Waals surface area contributed by atoms with E-state index >= 15 is 0 Å². The third kappa shape index (κ3) is 8.12. The van der Waals surface area contributed by atoms with Crippen molar-refractivity contribution in [1.29, 1.82) is 0 Å². The predicted octanol–water partition coefficient (Wildman–Crippen LogP) is 3.34. The van der Waals surface area contributed by atoms with Crippen LogP contribution in [0, 0.1) is 12.8 Å². The van der Waals surface area contributed by atoms with Crippen LogP contribution in [0.2, 0.25) is 0 Å². The van der Waals surface area contributed by atoms with E-state index in [1.807, 2.05) is 20.8 Å². The van der Waals surface area contributed by atoms with Gasteiger partial charge in [-0.2, -0.15) is 17.9 Å². The van der Waals surface area contributed by atoms with Gasteiger partial charge in [-0.1, -0.05) is 37.6 Å². The highest BCUT2D eigenvalue weighted by atomic mass is 32.2. The molecular formula is C21H26F3N3O4S. The Morgan fingerprint density at radius 2 is 1.81 bits per heavy atom. The van der Waals surface area contributed by atoms with E-state index in [4.69, 9.17) is 4.74 Å². The maximum Gasteiger partial charge on any atom is 0.422 e. The Morgan fingerprint density at radius 3 is 2.41 bits per heavy atom. The first kappa shape index (κ1) is 25.6. The number of nitrogens with zero attached hydrogens (tertiary/aromatic N) is 1. The lowest BCUT2D eigenvalue weighted by Crippen LogP contribution is -2.47. The van der Waals surface area contributed by atoms with Gasteiger partial charge in [0, 0.05) is 18.3 Å². The number of hydrogen-bond donors (Lipinski definition) is 2. The average molecular weight is 474 g/mol. The van der Waals surface area contributed by atoms with Gasteiger partial charge in [-0.15, -0.1) is 0 Å². The summed E-state index contributed by atoms with van der Waals surface area (Å²) in [5.74, 6) is -0.874. The number of ether oxygens (including phenoxy) is 1. The standard InChI is InChI=1S/C21H26F3N3O4S/c1-14(2)11-18(27-32(29,30)17-8-6-15(3)7-9-17)19(28)26-12-16-5-4-10-25-20(16)31-13-21(22,23)24/h4-10,14,18,27H,11-13H2,1-3H3,(H,26,28). The average Bonchev–Trinajstić information content (AvgIpc) is 2.69. The first-order valence-corrected chi connectivity index (χ1v) is 11.4. The highest BCUT2D eigenvalue weighted by Crippen LogP contribution is 2.20. The smallest absolute Gasteiger partial charge is 0.422 e. The van der Waals surface area contributed by atoms with Gasteiger partial charge in [-0.3, -0.25) is 4.79 Å². The van der Waals surface area contributed by atoms with E-state index < -0.39 is 34.8 Å². The van der Waals surface area contributed by atoms with Gasteiger partial charge >= 0.3 is 6.18 Å². The van der Waals surface area contributed by atoms with Crippen molar-refractivity contribution in [3.63, 3.8) is 0 Å². The molecular weight excluding hydrogens is 447 g/mol. The maximum absolute atomic E-state index is 12.8. The summed E-state index contributed by atoms with van der Waals surface area (Å²) in [6.45, 7) is 3.80. The van der Waals surface area contributed by atoms with Gasteiger partial charge in [0.15, 0.2) is 6.61 Å². The molecule has 2 N–H and O–H groups in total. The van der Waals surface area contributed by atoms with E-state index in [9.17, 15) is 26.4 Å². The van der Waals surface area contributed by atoms with Crippen molar-refractivity contribution >= 4 is 15.9 Å². The Morgan fingerprint density at radius 1 is 1.16 bits per heavy atom. The number of hydrogen-bond acceptors (Lipinski definition) is 5. The Labute approximate surface area is 185 Å². The first-order chi connectivity index (χ1) is 14.9. The lowest BCUT2D eigenvalue weighted by Gasteiger charge is -2.20. The van der Waals surface area contributed by atoms with Crippen LogP contribution in [-0.2, 0) is 21.4 Å². The highest BCUT2D eigenvalue weighted by molar-refractivity contribution is 7.89. The van der Waals surface area contributed by atoms with Crippen molar-refractivity contribution in [3.8, 4) is 5.88 Å². The zero-order valence-electron chi connectivity index (χ0n) is 17.9. The molecule has 0 radical (unpaired) electrons. The van der Waals surface area contributed by atoms with Crippen LogP contribution in [0.15, 0.2) is 47.5 Å². The molecule has 1 aromatic carbocycles. The maximum atomic E-state index is 12.8. The van der Waals surface area contributed by atoms with E-state index in [1.165, 1.54) is 30.5 Å². The van der Waals surface area contributed by atoms with E-state index in [2.05, 4.69) is 15.0 Å². The lowest BCUT2D eigenvalue weighted by molar-refractivity contribution is -0.154. The second kappa shape index (κ2) is 10.8. The van der Waals surface area contributed by atoms with E-state index in [0.29, 0.717) is 0 Å². The van der Waals surface area contributed by atoms with Crippen LogP contribution in [0.5, 0.6) is 5.88 Å². The fourth-order valence-corrected chi connectivity index (χ4v) is 4.01. The highest BCUT2D eigenvalue weighted by Gasteiger charge is 2.29. The summed E-state index contributed by atoms with van der Waals surface area (Å²) in [4.78, 5) is 16.6. The number of amides is 1. The van der Waals surface area contributed by atoms with Crippen LogP contribution in [0.25, 0.3) is 0 Å². The molecule has 176 valence electrons. The zero-order chi connectivity index (χ0) is 23.9. The number of sulfonamides is 1. The number of benzene rings is 1. The molecule has 0 saturated carbocycles. The SMILES string of the molecule is Cc1ccc(S(=O)(=O)NC(CC(C)C)C(=O)NCc2cccnc2OCC(F)(F)F)cc1. The van der Waals surface area contributed by atoms with E-state index in [-0.39, 0.29) is 35.2 Å². The summed E-state index contributed by atoms with van der Waals surface area (Å²) < 4.78 is 69.9. The Kier molecular flexibility index (Phi) is 8.62. The Balaban J connectivity index is 2.11. The van der Waals surface area contributed by atoms with Crippen molar-refractivity contribution < 1.29 is 31.1 Å². The number of alkyl halides is 3. The van der Waals surface area contributed by atoms with Crippen molar-refractivity contribution in [2.75, 3.05) is 6.61 Å². The van der Waals surface area contributed by atoms with Gasteiger partial charge in [0.05, 0.1) is 4.90 Å². The molecule has 0 spiro atoms. The molecule has 11 heteroatoms. The van der Waals surface area contributed by atoms with Crippen LogP contribution >= 0.6 is 0 Å². The molecule has 0 fully saturated rings. The number of aromatic nitrogens is 1. The molecule has 0 aliphatic heterocycles. The number of pyridine rings is 1. The fraction of sp³-hybridized carbons (Fsp3) is 0.429. The molecule has 1 unspecified atom stereocenters. The zero-order valence-corrected chi connectivity index (χ0v) is 18.8. The summed E-state index contributed by atoms with van der Waals surface area (Å²) in [5, 5.41) is 2.56. The normalized spacial score (nSPS) is 13.1. The minimum Gasteiger partial charge on any atom is -0.468 e. The quantitative estimate of drug-likeness (QED) is 0.552. The van der Waals surface area contributed by atoms with Crippen LogP contribution in [0.4, 0.5) is 13.2 Å². The van der Waals surface area contributed by atoms with Gasteiger partial charge < -0.3 is 10.1 Å². The van der Waals surface area contributed by atoms with E-state index in [1.54, 1.807) is 12.1 Å². The molecule has 1 amide bonds. The van der Waals surface area contributed by atoms with Gasteiger partial charge in [0.1, 0.15) is 6.04 Å². The molecule has 32 heavy (non-hydrogen) atoms. The third-order valence-corrected chi connectivity index (χ3v) is 5.82. The van der Waals surface area contributed by atoms with Gasteiger partial charge in [0.2, 0.25) is 21.8 Å². The molecule has 0 bridgehead atoms. The first-order valence-electron chi connectivity index (χ1n) is 9.87.